The van der Waals surface area contributed by atoms with Crippen LogP contribution >= 0.6 is 0 Å². The van der Waals surface area contributed by atoms with Gasteiger partial charge in [0.25, 0.3) is 0 Å². The Morgan fingerprint density at radius 3 is 2.26 bits per heavy atom. The van der Waals surface area contributed by atoms with Crippen molar-refractivity contribution < 1.29 is 27.2 Å². The number of hydrogen-bond donors (Lipinski definition) is 2. The van der Waals surface area contributed by atoms with Gasteiger partial charge in [0.2, 0.25) is 0 Å². The van der Waals surface area contributed by atoms with E-state index in [-0.39, 0.29) is 67.1 Å². The van der Waals surface area contributed by atoms with Crippen LogP contribution in [0.3, 0.4) is 0 Å². The molecule has 2 aromatic carbocycles. The van der Waals surface area contributed by atoms with Gasteiger partial charge < -0.3 is 5.73 Å². The molecule has 1 aliphatic rings. The molecule has 10 heteroatoms. The third kappa shape index (κ3) is 6.45. The van der Waals surface area contributed by atoms with Crippen molar-refractivity contribution in [2.75, 3.05) is 0 Å². The average Bonchev–Trinajstić information content (AvgIpc) is 3.73. The van der Waals surface area contributed by atoms with Crippen LogP contribution in [0.15, 0.2) is 72.7 Å². The summed E-state index contributed by atoms with van der Waals surface area (Å²) in [7, 11) is 0. The zero-order valence-corrected chi connectivity index (χ0v) is 20.9. The number of allylic oxidation sites excluding steroid dienone is 2. The molecule has 0 amide bonds. The Kier molecular flexibility index (Phi) is 8.03. The Bertz CT molecular complexity index is 1410. The minimum Gasteiger partial charge on any atom is -0.402 e. The third-order valence-electron chi connectivity index (χ3n) is 6.71. The molecule has 0 atom stereocenters. The molecular formula is C29H26F4N4O2. The maximum absolute atomic E-state index is 14.7. The number of rotatable bonds is 11. The Morgan fingerprint density at radius 1 is 1.00 bits per heavy atom. The summed E-state index contributed by atoms with van der Waals surface area (Å²) in [6.45, 7) is 0. The average molecular weight is 539 g/mol. The maximum Gasteiger partial charge on any atom is 0.401 e. The second-order valence-corrected chi connectivity index (χ2v) is 9.57. The van der Waals surface area contributed by atoms with Crippen molar-refractivity contribution in [1.82, 2.24) is 9.97 Å². The van der Waals surface area contributed by atoms with Gasteiger partial charge >= 0.3 is 6.18 Å². The van der Waals surface area contributed by atoms with Crippen LogP contribution in [0.2, 0.25) is 0 Å². The molecule has 3 aromatic rings. The van der Waals surface area contributed by atoms with Crippen molar-refractivity contribution >= 4 is 17.3 Å². The number of ketones is 2. The summed E-state index contributed by atoms with van der Waals surface area (Å²) in [6.07, 6.45) is -1.04. The Morgan fingerprint density at radius 2 is 1.67 bits per heavy atom. The van der Waals surface area contributed by atoms with Gasteiger partial charge in [-0.1, -0.05) is 42.5 Å². The Balaban J connectivity index is 1.30. The molecule has 1 saturated carbocycles. The van der Waals surface area contributed by atoms with E-state index in [4.69, 9.17) is 11.1 Å². The number of nitrogens with two attached hydrogens (primary N) is 1. The van der Waals surface area contributed by atoms with Gasteiger partial charge in [0.1, 0.15) is 22.7 Å². The molecule has 0 saturated heterocycles. The van der Waals surface area contributed by atoms with E-state index >= 15 is 0 Å². The highest BCUT2D eigenvalue weighted by molar-refractivity contribution is 6.08. The highest BCUT2D eigenvalue weighted by Crippen LogP contribution is 2.58. The number of halogens is 4. The summed E-state index contributed by atoms with van der Waals surface area (Å²) in [5, 5.41) is 8.24. The van der Waals surface area contributed by atoms with E-state index in [9.17, 15) is 27.2 Å². The second-order valence-electron chi connectivity index (χ2n) is 9.57. The van der Waals surface area contributed by atoms with Gasteiger partial charge in [0.05, 0.1) is 0 Å². The molecule has 0 radical (unpaired) electrons. The zero-order valence-electron chi connectivity index (χ0n) is 20.9. The van der Waals surface area contributed by atoms with Crippen molar-refractivity contribution in [1.29, 1.82) is 5.41 Å². The highest BCUT2D eigenvalue weighted by atomic mass is 19.4. The Hall–Kier alpha value is -4.21. The van der Waals surface area contributed by atoms with Crippen LogP contribution in [0.5, 0.6) is 0 Å². The summed E-state index contributed by atoms with van der Waals surface area (Å²) in [5.74, 6) is -1.65. The first-order valence-electron chi connectivity index (χ1n) is 12.3. The minimum atomic E-state index is -4.60. The summed E-state index contributed by atoms with van der Waals surface area (Å²) >= 11 is 0. The van der Waals surface area contributed by atoms with E-state index in [1.807, 2.05) is 18.2 Å². The van der Waals surface area contributed by atoms with Gasteiger partial charge in [-0.25, -0.2) is 14.4 Å². The molecule has 1 aromatic heterocycles. The van der Waals surface area contributed by atoms with Crippen LogP contribution in [0, 0.1) is 16.6 Å². The number of nitrogens with zero attached hydrogens (tertiary/aromatic N) is 2. The zero-order chi connectivity index (χ0) is 28.2. The lowest BCUT2D eigenvalue weighted by molar-refractivity contribution is -0.188. The topological polar surface area (TPSA) is 110 Å². The molecule has 0 aliphatic heterocycles. The number of hydrogen-bond acceptors (Lipinski definition) is 6. The molecule has 3 N–H and O–H groups in total. The molecule has 0 unspecified atom stereocenters. The lowest BCUT2D eigenvalue weighted by Crippen LogP contribution is -2.32. The molecule has 202 valence electrons. The maximum atomic E-state index is 14.7. The summed E-state index contributed by atoms with van der Waals surface area (Å²) in [6, 6.07) is 13.5. The summed E-state index contributed by atoms with van der Waals surface area (Å²) in [5.41, 5.74) is 5.49. The first kappa shape index (κ1) is 27.8. The van der Waals surface area contributed by atoms with Crippen molar-refractivity contribution in [2.24, 2.45) is 11.1 Å². The van der Waals surface area contributed by atoms with Crippen LogP contribution < -0.4 is 5.73 Å². The standard InChI is InChI=1S/C29H26F4N4O2/c30-24-14-19(21-16-36-27(37-17-21)26(35)18-5-2-1-3-6-18)9-10-20(24)13-23(38)8-4-7-22(34)15-25(39)28(11-12-28)29(31,32)33/h1-3,5-6,9-10,14-17,35H,4,7-8,11-13,34H2. The third-order valence-corrected chi connectivity index (χ3v) is 6.71. The predicted octanol–water partition coefficient (Wildman–Crippen LogP) is 5.73. The fourth-order valence-corrected chi connectivity index (χ4v) is 4.17. The van der Waals surface area contributed by atoms with Gasteiger partial charge in [-0.05, 0) is 42.9 Å². The van der Waals surface area contributed by atoms with E-state index in [2.05, 4.69) is 9.97 Å². The lowest BCUT2D eigenvalue weighted by Gasteiger charge is -2.16. The van der Waals surface area contributed by atoms with Crippen molar-refractivity contribution in [3.8, 4) is 11.1 Å². The molecule has 1 heterocycles. The van der Waals surface area contributed by atoms with Crippen LogP contribution in [0.4, 0.5) is 17.6 Å². The van der Waals surface area contributed by atoms with E-state index in [0.717, 1.165) is 6.08 Å². The smallest absolute Gasteiger partial charge is 0.401 e. The molecule has 39 heavy (non-hydrogen) atoms. The van der Waals surface area contributed by atoms with E-state index in [1.54, 1.807) is 18.2 Å². The quantitative estimate of drug-likeness (QED) is 0.184. The highest BCUT2D eigenvalue weighted by Gasteiger charge is 2.67. The van der Waals surface area contributed by atoms with Crippen molar-refractivity contribution in [3.05, 3.63) is 95.5 Å². The van der Waals surface area contributed by atoms with Gasteiger partial charge in [0.15, 0.2) is 11.6 Å². The van der Waals surface area contributed by atoms with Crippen LogP contribution in [-0.2, 0) is 16.0 Å². The first-order chi connectivity index (χ1) is 18.5. The molecule has 1 aliphatic carbocycles. The van der Waals surface area contributed by atoms with Gasteiger partial charge in [0, 0.05) is 48.1 Å². The van der Waals surface area contributed by atoms with Gasteiger partial charge in [-0.15, -0.1) is 0 Å². The number of nitrogens with one attached hydrogen (secondary N) is 1. The number of Topliss-reactive ketones (excluding diaryl/α,β-unsaturated/α-hetero) is 1. The monoisotopic (exact) mass is 538 g/mol. The second kappa shape index (κ2) is 11.3. The number of carbonyl (C=O) groups is 2. The number of carbonyl (C=O) groups excluding carboxylic acids is 2. The minimum absolute atomic E-state index is 0.00833. The molecule has 1 fully saturated rings. The van der Waals surface area contributed by atoms with E-state index in [0.29, 0.717) is 16.7 Å². The van der Waals surface area contributed by atoms with E-state index < -0.39 is 23.2 Å². The Labute approximate surface area is 222 Å². The van der Waals surface area contributed by atoms with Crippen LogP contribution in [-0.4, -0.2) is 33.4 Å². The van der Waals surface area contributed by atoms with Gasteiger partial charge in [-0.2, -0.15) is 13.2 Å². The number of alkyl halides is 3. The lowest BCUT2D eigenvalue weighted by atomic mass is 9.98. The molecule has 4 rings (SSSR count). The molecule has 0 spiro atoms. The molecular weight excluding hydrogens is 512 g/mol. The normalized spacial score (nSPS) is 14.6. The van der Waals surface area contributed by atoms with Gasteiger partial charge in [-0.3, -0.25) is 15.0 Å². The summed E-state index contributed by atoms with van der Waals surface area (Å²) in [4.78, 5) is 32.8. The first-order valence-corrected chi connectivity index (χ1v) is 12.3. The van der Waals surface area contributed by atoms with Crippen LogP contribution in [0.25, 0.3) is 11.1 Å². The number of benzene rings is 2. The van der Waals surface area contributed by atoms with E-state index in [1.165, 1.54) is 24.5 Å². The fraction of sp³-hybridized carbons (Fsp3) is 0.276. The van der Waals surface area contributed by atoms with Crippen molar-refractivity contribution in [3.63, 3.8) is 0 Å². The molecule has 6 nitrogen and oxygen atoms in total. The largest absolute Gasteiger partial charge is 0.402 e. The van der Waals surface area contributed by atoms with Crippen molar-refractivity contribution in [2.45, 2.75) is 44.7 Å². The fourth-order valence-electron chi connectivity index (χ4n) is 4.17. The SMILES string of the molecule is N=C(c1ccccc1)c1ncc(-c2ccc(CC(=O)CCCC(N)=CC(=O)C3(C(F)(F)F)CC3)c(F)c2)cn1. The number of aromatic nitrogens is 2. The van der Waals surface area contributed by atoms with Crippen LogP contribution in [0.1, 0.15) is 49.1 Å². The summed E-state index contributed by atoms with van der Waals surface area (Å²) < 4.78 is 53.9. The predicted molar refractivity (Wildman–Crippen MR) is 137 cm³/mol. The molecule has 0 bridgehead atoms.